The van der Waals surface area contributed by atoms with Crippen LogP contribution in [0.25, 0.3) is 11.3 Å². The van der Waals surface area contributed by atoms with Gasteiger partial charge in [-0.3, -0.25) is 0 Å². The Hall–Kier alpha value is -2.99. The number of aromatic nitrogens is 2. The van der Waals surface area contributed by atoms with E-state index in [2.05, 4.69) is 29.5 Å². The summed E-state index contributed by atoms with van der Waals surface area (Å²) < 4.78 is 7.92. The number of imidazole rings is 1. The van der Waals surface area contributed by atoms with Gasteiger partial charge >= 0.3 is 6.03 Å². The van der Waals surface area contributed by atoms with Crippen LogP contribution in [0.3, 0.4) is 0 Å². The Morgan fingerprint density at radius 2 is 1.94 bits per heavy atom. The van der Waals surface area contributed by atoms with Crippen molar-refractivity contribution in [1.82, 2.24) is 14.9 Å². The third kappa shape index (κ3) is 6.50. The van der Waals surface area contributed by atoms with E-state index in [4.69, 9.17) is 16.3 Å². The van der Waals surface area contributed by atoms with Crippen LogP contribution in [-0.4, -0.2) is 28.7 Å². The van der Waals surface area contributed by atoms with Gasteiger partial charge in [0.05, 0.1) is 18.6 Å². The summed E-state index contributed by atoms with van der Waals surface area (Å²) in [6, 6.07) is 15.4. The van der Waals surface area contributed by atoms with Crippen LogP contribution in [0.1, 0.15) is 32.3 Å². The topological polar surface area (TPSA) is 68.2 Å². The second-order valence-electron chi connectivity index (χ2n) is 8.16. The average molecular weight is 455 g/mol. The molecule has 0 unspecified atom stereocenters. The molecule has 0 atom stereocenters. The van der Waals surface area contributed by atoms with E-state index in [1.165, 1.54) is 0 Å². The third-order valence-corrected chi connectivity index (χ3v) is 5.50. The Morgan fingerprint density at radius 3 is 2.69 bits per heavy atom. The van der Waals surface area contributed by atoms with Crippen molar-refractivity contribution in [3.8, 4) is 17.0 Å². The lowest BCUT2D eigenvalue weighted by molar-refractivity contribution is 0.251. The predicted octanol–water partition coefficient (Wildman–Crippen LogP) is 6.15. The van der Waals surface area contributed by atoms with Crippen molar-refractivity contribution in [3.05, 3.63) is 65.6 Å². The zero-order valence-electron chi connectivity index (χ0n) is 18.9. The highest BCUT2D eigenvalue weighted by atomic mass is 35.5. The number of hydrogen-bond donors (Lipinski definition) is 2. The van der Waals surface area contributed by atoms with Crippen LogP contribution < -0.4 is 15.4 Å². The number of amides is 2. The van der Waals surface area contributed by atoms with E-state index in [-0.39, 0.29) is 6.03 Å². The summed E-state index contributed by atoms with van der Waals surface area (Å²) in [7, 11) is 0. The molecule has 2 N–H and O–H groups in total. The van der Waals surface area contributed by atoms with Crippen LogP contribution >= 0.6 is 11.6 Å². The summed E-state index contributed by atoms with van der Waals surface area (Å²) in [6.45, 7) is 8.03. The van der Waals surface area contributed by atoms with Gasteiger partial charge in [-0.05, 0) is 37.3 Å². The number of benzene rings is 2. The molecule has 1 heterocycles. The van der Waals surface area contributed by atoms with E-state index in [9.17, 15) is 4.79 Å². The Kier molecular flexibility index (Phi) is 8.56. The van der Waals surface area contributed by atoms with Gasteiger partial charge in [0, 0.05) is 18.7 Å². The lowest BCUT2D eigenvalue weighted by atomic mass is 10.1. The van der Waals surface area contributed by atoms with Gasteiger partial charge in [-0.2, -0.15) is 0 Å². The fourth-order valence-electron chi connectivity index (χ4n) is 3.28. The fraction of sp³-hybridized carbons (Fsp3) is 0.360. The maximum atomic E-state index is 12.3. The number of para-hydroxylation sites is 1. The van der Waals surface area contributed by atoms with E-state index in [1.54, 1.807) is 6.33 Å². The molecule has 6 nitrogen and oxygen atoms in total. The molecular formula is C25H31ClN4O2. The van der Waals surface area contributed by atoms with Gasteiger partial charge in [0.2, 0.25) is 0 Å². The van der Waals surface area contributed by atoms with Crippen LogP contribution in [0.5, 0.6) is 5.75 Å². The Morgan fingerprint density at radius 1 is 1.16 bits per heavy atom. The molecule has 170 valence electrons. The summed E-state index contributed by atoms with van der Waals surface area (Å²) in [6.07, 6.45) is 3.44. The van der Waals surface area contributed by atoms with Crippen LogP contribution in [0.4, 0.5) is 10.5 Å². The summed E-state index contributed by atoms with van der Waals surface area (Å²) in [4.78, 5) is 16.7. The van der Waals surface area contributed by atoms with Gasteiger partial charge < -0.3 is 19.9 Å². The normalized spacial score (nSPS) is 10.9. The Labute approximate surface area is 195 Å². The minimum Gasteiger partial charge on any atom is -0.491 e. The number of rotatable bonds is 10. The fourth-order valence-corrected chi connectivity index (χ4v) is 3.57. The first kappa shape index (κ1) is 23.7. The number of nitrogens with zero attached hydrogens (tertiary/aromatic N) is 2. The first-order valence-electron chi connectivity index (χ1n) is 11.0. The molecule has 0 spiro atoms. The van der Waals surface area contributed by atoms with Crippen molar-refractivity contribution >= 4 is 23.3 Å². The maximum Gasteiger partial charge on any atom is 0.319 e. The van der Waals surface area contributed by atoms with E-state index in [1.807, 2.05) is 60.0 Å². The van der Waals surface area contributed by atoms with Gasteiger partial charge in [0.15, 0.2) is 0 Å². The minimum atomic E-state index is -0.219. The van der Waals surface area contributed by atoms with Gasteiger partial charge in [-0.1, -0.05) is 67.9 Å². The Bertz CT molecular complexity index is 1020. The van der Waals surface area contributed by atoms with Crippen molar-refractivity contribution in [1.29, 1.82) is 0 Å². The number of aryl methyl sites for hydroxylation is 2. The van der Waals surface area contributed by atoms with Crippen molar-refractivity contribution in [2.45, 2.75) is 40.2 Å². The molecule has 3 aromatic rings. The summed E-state index contributed by atoms with van der Waals surface area (Å²) in [5.74, 6) is 1.20. The number of carbonyl (C=O) groups is 1. The molecule has 0 aliphatic heterocycles. The molecule has 0 saturated carbocycles. The molecule has 0 bridgehead atoms. The second kappa shape index (κ2) is 11.6. The van der Waals surface area contributed by atoms with E-state index >= 15 is 0 Å². The zero-order valence-corrected chi connectivity index (χ0v) is 19.7. The highest BCUT2D eigenvalue weighted by molar-refractivity contribution is 6.32. The van der Waals surface area contributed by atoms with Gasteiger partial charge in [-0.15, -0.1) is 0 Å². The minimum absolute atomic E-state index is 0.219. The van der Waals surface area contributed by atoms with Crippen LogP contribution in [0, 0.1) is 12.8 Å². The highest BCUT2D eigenvalue weighted by Crippen LogP contribution is 2.29. The molecule has 7 heteroatoms. The zero-order chi connectivity index (χ0) is 22.9. The third-order valence-electron chi connectivity index (χ3n) is 5.10. The molecule has 0 aliphatic rings. The average Bonchev–Trinajstić information content (AvgIpc) is 3.14. The SMILES string of the molecule is Cc1cccc(OCCCn2cnc(-c3ccccc3)c2Cl)c1NC(=O)NCCC(C)C. The molecule has 32 heavy (non-hydrogen) atoms. The monoisotopic (exact) mass is 454 g/mol. The quantitative estimate of drug-likeness (QED) is 0.361. The largest absolute Gasteiger partial charge is 0.491 e. The molecule has 2 amide bonds. The number of ether oxygens (including phenoxy) is 1. The molecule has 0 saturated heterocycles. The summed E-state index contributed by atoms with van der Waals surface area (Å²) >= 11 is 6.52. The van der Waals surface area contributed by atoms with Gasteiger partial charge in [0.25, 0.3) is 0 Å². The maximum absolute atomic E-state index is 12.3. The summed E-state index contributed by atoms with van der Waals surface area (Å²) in [5.41, 5.74) is 3.42. The second-order valence-corrected chi connectivity index (χ2v) is 8.51. The summed E-state index contributed by atoms with van der Waals surface area (Å²) in [5, 5.41) is 6.45. The molecule has 2 aromatic carbocycles. The van der Waals surface area contributed by atoms with Crippen molar-refractivity contribution in [2.24, 2.45) is 5.92 Å². The van der Waals surface area contributed by atoms with Crippen molar-refractivity contribution in [3.63, 3.8) is 0 Å². The molecule has 1 aromatic heterocycles. The molecule has 0 radical (unpaired) electrons. The first-order valence-corrected chi connectivity index (χ1v) is 11.4. The first-order chi connectivity index (χ1) is 15.5. The van der Waals surface area contributed by atoms with Crippen LogP contribution in [-0.2, 0) is 6.54 Å². The lowest BCUT2D eigenvalue weighted by Crippen LogP contribution is -2.30. The van der Waals surface area contributed by atoms with Crippen molar-refractivity contribution in [2.75, 3.05) is 18.5 Å². The number of urea groups is 1. The lowest BCUT2D eigenvalue weighted by Gasteiger charge is -2.16. The number of hydrogen-bond acceptors (Lipinski definition) is 3. The van der Waals surface area contributed by atoms with E-state index in [0.29, 0.717) is 42.2 Å². The molecule has 3 rings (SSSR count). The van der Waals surface area contributed by atoms with Crippen LogP contribution in [0.15, 0.2) is 54.9 Å². The van der Waals surface area contributed by atoms with Crippen molar-refractivity contribution < 1.29 is 9.53 Å². The molecular weight excluding hydrogens is 424 g/mol. The molecule has 0 fully saturated rings. The number of carbonyl (C=O) groups excluding carboxylic acids is 1. The standard InChI is InChI=1S/C25H31ClN4O2/c1-18(2)13-14-27-25(31)29-22-19(3)9-7-12-21(22)32-16-8-15-30-17-28-23(24(30)26)20-10-5-4-6-11-20/h4-7,9-12,17-18H,8,13-16H2,1-3H3,(H2,27,29,31). The van der Waals surface area contributed by atoms with Crippen LogP contribution in [0.2, 0.25) is 5.15 Å². The van der Waals surface area contributed by atoms with Gasteiger partial charge in [-0.25, -0.2) is 9.78 Å². The van der Waals surface area contributed by atoms with E-state index < -0.39 is 0 Å². The number of nitrogens with one attached hydrogen (secondary N) is 2. The van der Waals surface area contributed by atoms with Gasteiger partial charge in [0.1, 0.15) is 16.6 Å². The number of halogens is 1. The van der Waals surface area contributed by atoms with E-state index in [0.717, 1.165) is 29.7 Å². The molecule has 0 aliphatic carbocycles. The highest BCUT2D eigenvalue weighted by Gasteiger charge is 2.12. The predicted molar refractivity (Wildman–Crippen MR) is 130 cm³/mol. The Balaban J connectivity index is 1.54. The smallest absolute Gasteiger partial charge is 0.319 e. The number of anilines is 1.